The maximum atomic E-state index is 12.6. The normalized spacial score (nSPS) is 10.6. The molecule has 0 saturated carbocycles. The number of benzene rings is 2. The summed E-state index contributed by atoms with van der Waals surface area (Å²) in [6, 6.07) is 16.9. The molecule has 172 valence electrons. The van der Waals surface area contributed by atoms with E-state index in [1.165, 1.54) is 12.1 Å². The summed E-state index contributed by atoms with van der Waals surface area (Å²) in [7, 11) is 0. The first kappa shape index (κ1) is 22.5. The quantitative estimate of drug-likeness (QED) is 0.334. The third-order valence-corrected chi connectivity index (χ3v) is 5.11. The number of non-ortho nitro benzene ring substituents is 1. The summed E-state index contributed by atoms with van der Waals surface area (Å²) in [6.45, 7) is 3.39. The number of nitrogens with zero attached hydrogens (tertiary/aromatic N) is 3. The summed E-state index contributed by atoms with van der Waals surface area (Å²) in [4.78, 5) is 35.5. The Balaban J connectivity index is 1.56. The predicted octanol–water partition coefficient (Wildman–Crippen LogP) is 3.66. The van der Waals surface area contributed by atoms with Crippen LogP contribution >= 0.6 is 0 Å². The zero-order valence-corrected chi connectivity index (χ0v) is 18.4. The van der Waals surface area contributed by atoms with Gasteiger partial charge in [-0.25, -0.2) is 4.68 Å². The summed E-state index contributed by atoms with van der Waals surface area (Å²) >= 11 is 0. The second-order valence-electron chi connectivity index (χ2n) is 7.59. The van der Waals surface area contributed by atoms with Gasteiger partial charge >= 0.3 is 0 Å². The maximum absolute atomic E-state index is 12.6. The minimum atomic E-state index is -0.488. The predicted molar refractivity (Wildman–Crippen MR) is 123 cm³/mol. The van der Waals surface area contributed by atoms with E-state index in [2.05, 4.69) is 16.0 Å². The van der Waals surface area contributed by atoms with Gasteiger partial charge in [0.2, 0.25) is 5.91 Å². The fourth-order valence-corrected chi connectivity index (χ4v) is 3.50. The summed E-state index contributed by atoms with van der Waals surface area (Å²) < 4.78 is 6.98. The highest BCUT2D eigenvalue weighted by molar-refractivity contribution is 5.96. The van der Waals surface area contributed by atoms with Crippen molar-refractivity contribution in [2.45, 2.75) is 20.3 Å². The Labute approximate surface area is 194 Å². The standard InChI is InChI=1S/C24H21N5O5/c1-15-12-21(16(2)34-15)24(31)26-25-22(30)13-18-14-28(19-6-4-3-5-7-19)27-23(18)17-8-10-20(11-9-17)29(32)33/h3-12,14H,13H2,1-2H3,(H,25,30)(H,26,31). The smallest absolute Gasteiger partial charge is 0.273 e. The highest BCUT2D eigenvalue weighted by Crippen LogP contribution is 2.26. The van der Waals surface area contributed by atoms with Crippen molar-refractivity contribution in [3.63, 3.8) is 0 Å². The Bertz CT molecular complexity index is 1360. The van der Waals surface area contributed by atoms with Crippen molar-refractivity contribution >= 4 is 17.5 Å². The third kappa shape index (κ3) is 4.85. The number of hydrazine groups is 1. The summed E-state index contributed by atoms with van der Waals surface area (Å²) in [6.07, 6.45) is 1.64. The highest BCUT2D eigenvalue weighted by atomic mass is 16.6. The van der Waals surface area contributed by atoms with Crippen molar-refractivity contribution in [3.8, 4) is 16.9 Å². The van der Waals surface area contributed by atoms with Crippen LogP contribution in [0.15, 0.2) is 71.3 Å². The van der Waals surface area contributed by atoms with Crippen molar-refractivity contribution in [2.24, 2.45) is 0 Å². The van der Waals surface area contributed by atoms with Gasteiger partial charge in [0.15, 0.2) is 0 Å². The van der Waals surface area contributed by atoms with E-state index in [4.69, 9.17) is 4.42 Å². The molecule has 2 amide bonds. The number of rotatable bonds is 6. The second kappa shape index (κ2) is 9.41. The summed E-state index contributed by atoms with van der Waals surface area (Å²) in [5.74, 6) is 0.101. The van der Waals surface area contributed by atoms with Gasteiger partial charge in [0.25, 0.3) is 11.6 Å². The van der Waals surface area contributed by atoms with Crippen molar-refractivity contribution < 1.29 is 18.9 Å². The molecule has 0 aliphatic heterocycles. The van der Waals surface area contributed by atoms with Gasteiger partial charge in [0.05, 0.1) is 28.3 Å². The first-order valence-electron chi connectivity index (χ1n) is 10.4. The molecule has 0 fully saturated rings. The molecule has 0 unspecified atom stereocenters. The van der Waals surface area contributed by atoms with E-state index in [-0.39, 0.29) is 12.1 Å². The van der Waals surface area contributed by atoms with Gasteiger partial charge in [-0.05, 0) is 44.2 Å². The summed E-state index contributed by atoms with van der Waals surface area (Å²) in [5.41, 5.74) is 7.59. The molecule has 2 heterocycles. The van der Waals surface area contributed by atoms with Crippen molar-refractivity contribution in [3.05, 3.63) is 99.6 Å². The minimum absolute atomic E-state index is 0.0435. The van der Waals surface area contributed by atoms with E-state index in [9.17, 15) is 19.7 Å². The van der Waals surface area contributed by atoms with Crippen LogP contribution in [0.25, 0.3) is 16.9 Å². The van der Waals surface area contributed by atoms with Crippen LogP contribution in [-0.4, -0.2) is 26.5 Å². The Morgan fingerprint density at radius 3 is 2.38 bits per heavy atom. The lowest BCUT2D eigenvalue weighted by Crippen LogP contribution is -2.42. The van der Waals surface area contributed by atoms with Crippen LogP contribution in [0, 0.1) is 24.0 Å². The van der Waals surface area contributed by atoms with Crippen LogP contribution in [0.5, 0.6) is 0 Å². The fourth-order valence-electron chi connectivity index (χ4n) is 3.50. The molecule has 0 bridgehead atoms. The minimum Gasteiger partial charge on any atom is -0.466 e. The molecular formula is C24H21N5O5. The lowest BCUT2D eigenvalue weighted by Gasteiger charge is -2.07. The van der Waals surface area contributed by atoms with Gasteiger partial charge in [0, 0.05) is 29.5 Å². The topological polar surface area (TPSA) is 132 Å². The Morgan fingerprint density at radius 2 is 1.76 bits per heavy atom. The zero-order valence-electron chi connectivity index (χ0n) is 18.4. The lowest BCUT2D eigenvalue weighted by molar-refractivity contribution is -0.384. The molecule has 0 radical (unpaired) electrons. The van der Waals surface area contributed by atoms with Crippen LogP contribution < -0.4 is 10.9 Å². The molecule has 2 aromatic heterocycles. The molecule has 2 aromatic carbocycles. The van der Waals surface area contributed by atoms with E-state index >= 15 is 0 Å². The first-order chi connectivity index (χ1) is 16.3. The maximum Gasteiger partial charge on any atom is 0.273 e. The SMILES string of the molecule is Cc1cc(C(=O)NNC(=O)Cc2cn(-c3ccccc3)nc2-c2ccc([N+](=O)[O-])cc2)c(C)o1. The number of nitro groups is 1. The van der Waals surface area contributed by atoms with Gasteiger partial charge in [0.1, 0.15) is 11.5 Å². The number of carbonyl (C=O) groups excluding carboxylic acids is 2. The zero-order chi connectivity index (χ0) is 24.2. The van der Waals surface area contributed by atoms with E-state index in [0.717, 1.165) is 5.69 Å². The number of nitrogens with one attached hydrogen (secondary N) is 2. The number of amides is 2. The average molecular weight is 459 g/mol. The number of aromatic nitrogens is 2. The first-order valence-corrected chi connectivity index (χ1v) is 10.4. The van der Waals surface area contributed by atoms with Crippen LogP contribution in [-0.2, 0) is 11.2 Å². The molecule has 0 aliphatic carbocycles. The van der Waals surface area contributed by atoms with Crippen LogP contribution in [0.2, 0.25) is 0 Å². The van der Waals surface area contributed by atoms with Crippen molar-refractivity contribution in [1.29, 1.82) is 0 Å². The number of carbonyl (C=O) groups is 2. The van der Waals surface area contributed by atoms with Gasteiger partial charge in [-0.1, -0.05) is 18.2 Å². The molecule has 34 heavy (non-hydrogen) atoms. The van der Waals surface area contributed by atoms with E-state index in [1.54, 1.807) is 42.9 Å². The van der Waals surface area contributed by atoms with E-state index in [1.807, 2.05) is 30.3 Å². The molecule has 0 aliphatic rings. The van der Waals surface area contributed by atoms with E-state index < -0.39 is 16.7 Å². The van der Waals surface area contributed by atoms with Crippen molar-refractivity contribution in [2.75, 3.05) is 0 Å². The molecule has 10 nitrogen and oxygen atoms in total. The molecule has 4 aromatic rings. The number of hydrogen-bond donors (Lipinski definition) is 2. The van der Waals surface area contributed by atoms with Gasteiger partial charge in [-0.3, -0.25) is 30.6 Å². The van der Waals surface area contributed by atoms with Gasteiger partial charge in [-0.2, -0.15) is 5.10 Å². The Hall–Kier alpha value is -4.73. The third-order valence-electron chi connectivity index (χ3n) is 5.11. The monoisotopic (exact) mass is 459 g/mol. The van der Waals surface area contributed by atoms with Crippen LogP contribution in [0.3, 0.4) is 0 Å². The Kier molecular flexibility index (Phi) is 6.22. The highest BCUT2D eigenvalue weighted by Gasteiger charge is 2.18. The number of hydrogen-bond acceptors (Lipinski definition) is 6. The van der Waals surface area contributed by atoms with Gasteiger partial charge in [-0.15, -0.1) is 0 Å². The number of furan rings is 1. The second-order valence-corrected chi connectivity index (χ2v) is 7.59. The molecule has 10 heteroatoms. The number of para-hydroxylation sites is 1. The van der Waals surface area contributed by atoms with Gasteiger partial charge < -0.3 is 4.42 Å². The van der Waals surface area contributed by atoms with Crippen LogP contribution in [0.4, 0.5) is 5.69 Å². The van der Waals surface area contributed by atoms with Crippen LogP contribution in [0.1, 0.15) is 27.4 Å². The fraction of sp³-hybridized carbons (Fsp3) is 0.125. The number of nitro benzene ring substituents is 1. The molecule has 0 saturated heterocycles. The molecular weight excluding hydrogens is 438 g/mol. The lowest BCUT2D eigenvalue weighted by atomic mass is 10.1. The summed E-state index contributed by atoms with van der Waals surface area (Å²) in [5, 5.41) is 15.6. The largest absolute Gasteiger partial charge is 0.466 e. The molecule has 2 N–H and O–H groups in total. The molecule has 0 spiro atoms. The molecule has 0 atom stereocenters. The van der Waals surface area contributed by atoms with E-state index in [0.29, 0.717) is 33.9 Å². The van der Waals surface area contributed by atoms with Crippen molar-refractivity contribution in [1.82, 2.24) is 20.6 Å². The average Bonchev–Trinajstić information content (AvgIpc) is 3.40. The Morgan fingerprint density at radius 1 is 1.06 bits per heavy atom. The molecule has 4 rings (SSSR count). The number of aryl methyl sites for hydroxylation is 2.